The fourth-order valence-corrected chi connectivity index (χ4v) is 5.06. The number of aromatic nitrogens is 2. The molecule has 0 aliphatic heterocycles. The fraction of sp³-hybridized carbons (Fsp3) is 0.346. The van der Waals surface area contributed by atoms with Crippen molar-refractivity contribution in [2.75, 3.05) is 6.54 Å². The van der Waals surface area contributed by atoms with Gasteiger partial charge < -0.3 is 10.5 Å². The molecule has 10 heteroatoms. The van der Waals surface area contributed by atoms with Crippen LogP contribution in [0.25, 0.3) is 11.3 Å². The molecule has 2 heterocycles. The Hall–Kier alpha value is -2.98. The van der Waals surface area contributed by atoms with Crippen molar-refractivity contribution in [1.29, 1.82) is 0 Å². The number of halogens is 2. The Bertz CT molecular complexity index is 1330. The van der Waals surface area contributed by atoms with E-state index in [2.05, 4.69) is 31.1 Å². The number of allylic oxidation sites excluding steroid dienone is 2. The van der Waals surface area contributed by atoms with Crippen LogP contribution in [0.15, 0.2) is 56.4 Å². The largest absolute Gasteiger partial charge is 0.482 e. The number of rotatable bonds is 10. The Morgan fingerprint density at radius 2 is 2.17 bits per heavy atom. The van der Waals surface area contributed by atoms with Crippen LogP contribution < -0.4 is 10.5 Å². The van der Waals surface area contributed by atoms with Crippen LogP contribution in [0.1, 0.15) is 48.2 Å². The lowest BCUT2D eigenvalue weighted by molar-refractivity contribution is 0.227. The summed E-state index contributed by atoms with van der Waals surface area (Å²) in [6.07, 6.45) is 5.77. The Morgan fingerprint density at radius 3 is 2.86 bits per heavy atom. The van der Waals surface area contributed by atoms with Gasteiger partial charge in [-0.2, -0.15) is 0 Å². The first-order chi connectivity index (χ1) is 17.2. The maximum absolute atomic E-state index is 14.4. The monoisotopic (exact) mass is 571 g/mol. The lowest BCUT2D eigenvalue weighted by atomic mass is 9.98. The van der Waals surface area contributed by atoms with Gasteiger partial charge in [-0.3, -0.25) is 4.99 Å². The van der Waals surface area contributed by atoms with Gasteiger partial charge in [0.1, 0.15) is 11.9 Å². The van der Waals surface area contributed by atoms with E-state index in [-0.39, 0.29) is 11.6 Å². The predicted octanol–water partition coefficient (Wildman–Crippen LogP) is 7.21. The average molecular weight is 573 g/mol. The third-order valence-corrected chi connectivity index (χ3v) is 7.27. The van der Waals surface area contributed by atoms with E-state index in [1.165, 1.54) is 31.2 Å². The van der Waals surface area contributed by atoms with Gasteiger partial charge in [0.05, 0.1) is 10.7 Å². The van der Waals surface area contributed by atoms with Crippen molar-refractivity contribution in [2.45, 2.75) is 46.1 Å². The van der Waals surface area contributed by atoms with Crippen molar-refractivity contribution in [3.63, 3.8) is 0 Å². The molecule has 3 aromatic rings. The van der Waals surface area contributed by atoms with Gasteiger partial charge in [0.2, 0.25) is 5.82 Å². The lowest BCUT2D eigenvalue weighted by Crippen LogP contribution is -2.07. The zero-order chi connectivity index (χ0) is 25.8. The van der Waals surface area contributed by atoms with Crippen molar-refractivity contribution in [2.24, 2.45) is 21.8 Å². The average Bonchev–Trinajstić information content (AvgIpc) is 3.59. The van der Waals surface area contributed by atoms with Crippen LogP contribution in [-0.2, 0) is 6.42 Å². The number of benzene rings is 1. The molecule has 0 radical (unpaired) electrons. The zero-order valence-corrected chi connectivity index (χ0v) is 22.7. The molecule has 7 nitrogen and oxygen atoms in total. The molecule has 1 fully saturated rings. The molecule has 0 unspecified atom stereocenters. The second-order valence-electron chi connectivity index (χ2n) is 8.89. The van der Waals surface area contributed by atoms with Gasteiger partial charge in [0, 0.05) is 51.6 Å². The van der Waals surface area contributed by atoms with E-state index in [1.807, 2.05) is 20.1 Å². The van der Waals surface area contributed by atoms with Gasteiger partial charge in [-0.1, -0.05) is 0 Å². The first kappa shape index (κ1) is 26.1. The summed E-state index contributed by atoms with van der Waals surface area (Å²) < 4.78 is 21.1. The molecule has 1 aromatic carbocycles. The summed E-state index contributed by atoms with van der Waals surface area (Å²) in [7, 11) is 0. The molecule has 188 valence electrons. The van der Waals surface area contributed by atoms with Crippen molar-refractivity contribution in [3.8, 4) is 17.0 Å². The minimum absolute atomic E-state index is 0.0770. The molecule has 1 atom stereocenters. The molecule has 0 bridgehead atoms. The van der Waals surface area contributed by atoms with E-state index in [0.29, 0.717) is 28.1 Å². The lowest BCUT2D eigenvalue weighted by Gasteiger charge is -2.19. The minimum Gasteiger partial charge on any atom is -0.482 e. The Balaban J connectivity index is 1.68. The van der Waals surface area contributed by atoms with Crippen LogP contribution in [0.3, 0.4) is 0 Å². The number of nitrogens with two attached hydrogens (primary N) is 1. The molecule has 1 aliphatic carbocycles. The first-order valence-electron chi connectivity index (χ1n) is 11.6. The molecule has 1 saturated carbocycles. The summed E-state index contributed by atoms with van der Waals surface area (Å²) >= 11 is 4.90. The molecule has 2 aromatic heterocycles. The zero-order valence-electron chi connectivity index (χ0n) is 20.3. The molecular weight excluding hydrogens is 545 g/mol. The highest BCUT2D eigenvalue weighted by Crippen LogP contribution is 2.38. The number of ether oxygens (including phenoxy) is 1. The van der Waals surface area contributed by atoms with Gasteiger partial charge >= 0.3 is 0 Å². The summed E-state index contributed by atoms with van der Waals surface area (Å²) in [5, 5.41) is 3.83. The van der Waals surface area contributed by atoms with Crippen LogP contribution in [0.4, 0.5) is 10.2 Å². The van der Waals surface area contributed by atoms with E-state index in [9.17, 15) is 9.30 Å². The molecule has 4 rings (SSSR count). The Labute approximate surface area is 221 Å². The van der Waals surface area contributed by atoms with Crippen LogP contribution in [0, 0.1) is 23.6 Å². The molecule has 36 heavy (non-hydrogen) atoms. The number of nitroso groups, excluding NO2 is 1. The number of thiazole rings is 1. The first-order valence-corrected chi connectivity index (χ1v) is 13.2. The van der Waals surface area contributed by atoms with E-state index in [4.69, 9.17) is 15.5 Å². The van der Waals surface area contributed by atoms with E-state index >= 15 is 0 Å². The standard InChI is InChI=1S/C26H27BrFN5O2S/c1-14(29)18(12-30-11-17-4-5-17)8-24-25(32-16(3)36-24)21-7-6-20(28)10-22(21)15(2)35-23-9-19(27)13-31-26(23)33-34/h6-7,9-10,12-13,15,17H,4-5,8,11,29H2,1-3H3/t15-/m1/s1. The fourth-order valence-electron chi connectivity index (χ4n) is 3.78. The minimum atomic E-state index is -0.617. The van der Waals surface area contributed by atoms with Gasteiger partial charge in [-0.25, -0.2) is 14.4 Å². The van der Waals surface area contributed by atoms with E-state index in [1.54, 1.807) is 30.4 Å². The highest BCUT2D eigenvalue weighted by atomic mass is 79.9. The summed E-state index contributed by atoms with van der Waals surface area (Å²) in [5.74, 6) is 0.421. The maximum Gasteiger partial charge on any atom is 0.239 e. The van der Waals surface area contributed by atoms with Gasteiger partial charge in [0.15, 0.2) is 5.75 Å². The van der Waals surface area contributed by atoms with E-state index < -0.39 is 11.9 Å². The molecule has 2 N–H and O–H groups in total. The van der Waals surface area contributed by atoms with Crippen molar-refractivity contribution >= 4 is 39.3 Å². The van der Waals surface area contributed by atoms with E-state index in [0.717, 1.165) is 33.3 Å². The number of pyridine rings is 1. The smallest absolute Gasteiger partial charge is 0.239 e. The Kier molecular flexibility index (Phi) is 8.25. The molecule has 0 saturated heterocycles. The quantitative estimate of drug-likeness (QED) is 0.204. The number of aryl methyl sites for hydroxylation is 1. The summed E-state index contributed by atoms with van der Waals surface area (Å²) in [6, 6.07) is 6.16. The third-order valence-electron chi connectivity index (χ3n) is 5.87. The summed E-state index contributed by atoms with van der Waals surface area (Å²) in [5.41, 5.74) is 9.93. The van der Waals surface area contributed by atoms with Crippen molar-refractivity contribution < 1.29 is 9.13 Å². The summed E-state index contributed by atoms with van der Waals surface area (Å²) in [4.78, 5) is 25.6. The normalized spacial score (nSPS) is 15.1. The summed E-state index contributed by atoms with van der Waals surface area (Å²) in [6.45, 7) is 6.42. The Morgan fingerprint density at radius 1 is 1.39 bits per heavy atom. The van der Waals surface area contributed by atoms with Crippen LogP contribution >= 0.6 is 27.3 Å². The molecule has 0 spiro atoms. The van der Waals surface area contributed by atoms with Crippen LogP contribution in [0.2, 0.25) is 0 Å². The molecule has 1 aliphatic rings. The second-order valence-corrected chi connectivity index (χ2v) is 11.1. The molecule has 0 amide bonds. The van der Waals surface area contributed by atoms with Crippen molar-refractivity contribution in [1.82, 2.24) is 9.97 Å². The van der Waals surface area contributed by atoms with Crippen molar-refractivity contribution in [3.05, 3.63) is 72.4 Å². The second kappa shape index (κ2) is 11.4. The SMILES string of the molecule is CC(N)=C(C=NCC1CC1)Cc1sc(C)nc1-c1ccc(F)cc1[C@@H](C)Oc1cc(Br)cnc1N=O. The van der Waals surface area contributed by atoms with Gasteiger partial charge in [-0.15, -0.1) is 16.2 Å². The maximum atomic E-state index is 14.4. The number of hydrogen-bond acceptors (Lipinski definition) is 8. The number of hydrogen-bond donors (Lipinski definition) is 1. The number of aliphatic imine (C=N–C) groups is 1. The predicted molar refractivity (Wildman–Crippen MR) is 145 cm³/mol. The van der Waals surface area contributed by atoms with Gasteiger partial charge in [0.25, 0.3) is 0 Å². The van der Waals surface area contributed by atoms with Crippen LogP contribution in [-0.4, -0.2) is 22.7 Å². The highest BCUT2D eigenvalue weighted by Gasteiger charge is 2.23. The highest BCUT2D eigenvalue weighted by molar-refractivity contribution is 9.10. The molecular formula is C26H27BrFN5O2S. The number of nitrogens with zero attached hydrogens (tertiary/aromatic N) is 4. The third kappa shape index (κ3) is 6.41. The topological polar surface area (TPSA) is 103 Å². The van der Waals surface area contributed by atoms with Gasteiger partial charge in [-0.05, 0) is 90.5 Å². The van der Waals surface area contributed by atoms with Crippen LogP contribution in [0.5, 0.6) is 5.75 Å².